The Labute approximate surface area is 222 Å². The zero-order chi connectivity index (χ0) is 25.7. The summed E-state index contributed by atoms with van der Waals surface area (Å²) in [6.45, 7) is 0.318. The van der Waals surface area contributed by atoms with Gasteiger partial charge in [-0.2, -0.15) is 0 Å². The molecular weight excluding hydrogens is 544 g/mol. The monoisotopic (exact) mass is 571 g/mol. The topological polar surface area (TPSA) is 67.4 Å². The molecule has 2 bridgehead atoms. The number of nitrogens with one attached hydrogen (secondary N) is 1. The Kier molecular flexibility index (Phi) is 6.52. The minimum absolute atomic E-state index is 0.00506. The van der Waals surface area contributed by atoms with Crippen molar-refractivity contribution >= 4 is 27.7 Å². The van der Waals surface area contributed by atoms with Crippen molar-refractivity contribution in [3.05, 3.63) is 69.6 Å². The Morgan fingerprint density at radius 3 is 2.49 bits per heavy atom. The Balaban J connectivity index is 1.19. The molecule has 37 heavy (non-hydrogen) atoms. The van der Waals surface area contributed by atoms with Crippen molar-refractivity contribution in [2.45, 2.75) is 69.2 Å². The number of carbonyl (C=O) groups excluding carboxylic acids is 1. The number of hydrogen-bond donors (Lipinski definition) is 1. The Morgan fingerprint density at radius 2 is 1.86 bits per heavy atom. The Hall–Kier alpha value is -2.78. The summed E-state index contributed by atoms with van der Waals surface area (Å²) in [6, 6.07) is 6.28. The molecule has 1 aliphatic carbocycles. The fraction of sp³-hybridized carbons (Fsp3) is 0.429. The first-order valence-corrected chi connectivity index (χ1v) is 13.5. The highest BCUT2D eigenvalue weighted by atomic mass is 79.9. The van der Waals surface area contributed by atoms with Gasteiger partial charge in [0.05, 0.1) is 35.4 Å². The molecule has 1 saturated carbocycles. The first kappa shape index (κ1) is 24.6. The number of pyridine rings is 1. The lowest BCUT2D eigenvalue weighted by Crippen LogP contribution is -2.46. The molecule has 0 amide bonds. The number of halogens is 3. The number of aromatic amines is 1. The standard InChI is InChI=1S/C28H28BrF2N3O3/c1-36-28(35)16-9-22(29)27(33-12-16)34-17-7-8-18(34)11-19(10-17)37-14-21-20(13-32-26(21)15-5-6-15)25-23(30)3-2-4-24(25)31/h2-4,9,12-13,15,17-19,32H,5-8,10-11,14H2,1H3. The van der Waals surface area contributed by atoms with E-state index in [9.17, 15) is 13.6 Å². The summed E-state index contributed by atoms with van der Waals surface area (Å²) in [7, 11) is 1.35. The van der Waals surface area contributed by atoms with E-state index in [2.05, 4.69) is 30.8 Å². The lowest BCUT2D eigenvalue weighted by atomic mass is 9.98. The van der Waals surface area contributed by atoms with Crippen LogP contribution in [-0.4, -0.2) is 41.2 Å². The minimum atomic E-state index is -0.565. The van der Waals surface area contributed by atoms with Crippen LogP contribution in [0.15, 0.2) is 41.1 Å². The van der Waals surface area contributed by atoms with E-state index >= 15 is 0 Å². The zero-order valence-electron chi connectivity index (χ0n) is 20.5. The Morgan fingerprint density at radius 1 is 1.16 bits per heavy atom. The lowest BCUT2D eigenvalue weighted by molar-refractivity contribution is 0.0149. The molecule has 2 aliphatic heterocycles. The number of ether oxygens (including phenoxy) is 2. The van der Waals surface area contributed by atoms with Gasteiger partial charge < -0.3 is 19.4 Å². The zero-order valence-corrected chi connectivity index (χ0v) is 22.1. The number of anilines is 1. The second-order valence-corrected chi connectivity index (χ2v) is 11.0. The Bertz CT molecular complexity index is 1310. The smallest absolute Gasteiger partial charge is 0.339 e. The number of benzene rings is 1. The van der Waals surface area contributed by atoms with E-state index in [1.54, 1.807) is 18.5 Å². The molecule has 2 saturated heterocycles. The molecule has 2 unspecified atom stereocenters. The molecule has 6 rings (SSSR count). The van der Waals surface area contributed by atoms with E-state index in [1.807, 2.05) is 0 Å². The number of nitrogens with zero attached hydrogens (tertiary/aromatic N) is 2. The summed E-state index contributed by atoms with van der Waals surface area (Å²) in [5.74, 6) is -0.315. The van der Waals surface area contributed by atoms with Crippen molar-refractivity contribution in [1.29, 1.82) is 0 Å². The third-order valence-electron chi connectivity index (χ3n) is 7.88. The number of fused-ring (bicyclic) bond motifs is 2. The van der Waals surface area contributed by atoms with Crippen LogP contribution in [0, 0.1) is 11.6 Å². The van der Waals surface area contributed by atoms with Crippen molar-refractivity contribution in [3.8, 4) is 11.1 Å². The van der Waals surface area contributed by atoms with Gasteiger partial charge in [0.15, 0.2) is 0 Å². The van der Waals surface area contributed by atoms with Crippen LogP contribution in [0.5, 0.6) is 0 Å². The molecular formula is C28H28BrF2N3O3. The molecule has 4 heterocycles. The summed E-state index contributed by atoms with van der Waals surface area (Å²) in [4.78, 5) is 22.1. The van der Waals surface area contributed by atoms with Gasteiger partial charge in [-0.3, -0.25) is 0 Å². The number of H-pyrrole nitrogens is 1. The molecule has 0 radical (unpaired) electrons. The summed E-state index contributed by atoms with van der Waals surface area (Å²) in [6.07, 6.45) is 9.25. The number of aromatic nitrogens is 2. The van der Waals surface area contributed by atoms with Crippen molar-refractivity contribution < 1.29 is 23.0 Å². The summed E-state index contributed by atoms with van der Waals surface area (Å²) < 4.78 is 41.3. The average molecular weight is 572 g/mol. The largest absolute Gasteiger partial charge is 0.465 e. The van der Waals surface area contributed by atoms with E-state index < -0.39 is 17.6 Å². The first-order chi connectivity index (χ1) is 17.9. The predicted octanol–water partition coefficient (Wildman–Crippen LogP) is 6.50. The van der Waals surface area contributed by atoms with E-state index in [-0.39, 0.29) is 23.8 Å². The van der Waals surface area contributed by atoms with Gasteiger partial charge >= 0.3 is 5.97 Å². The van der Waals surface area contributed by atoms with Crippen molar-refractivity contribution in [3.63, 3.8) is 0 Å². The van der Waals surface area contributed by atoms with Gasteiger partial charge in [-0.15, -0.1) is 0 Å². The van der Waals surface area contributed by atoms with Crippen LogP contribution < -0.4 is 4.90 Å². The van der Waals surface area contributed by atoms with Crippen molar-refractivity contribution in [2.24, 2.45) is 0 Å². The van der Waals surface area contributed by atoms with Gasteiger partial charge in [-0.1, -0.05) is 6.07 Å². The number of piperidine rings is 1. The van der Waals surface area contributed by atoms with Gasteiger partial charge in [0.1, 0.15) is 17.5 Å². The maximum atomic E-state index is 14.6. The molecule has 0 spiro atoms. The van der Waals surface area contributed by atoms with E-state index in [4.69, 9.17) is 9.47 Å². The normalized spacial score (nSPS) is 22.9. The quantitative estimate of drug-likeness (QED) is 0.328. The summed E-state index contributed by atoms with van der Waals surface area (Å²) in [5, 5.41) is 0. The van der Waals surface area contributed by atoms with Crippen LogP contribution in [0.4, 0.5) is 14.6 Å². The summed E-state index contributed by atoms with van der Waals surface area (Å²) in [5.41, 5.74) is 2.87. The minimum Gasteiger partial charge on any atom is -0.465 e. The van der Waals surface area contributed by atoms with Crippen LogP contribution >= 0.6 is 15.9 Å². The van der Waals surface area contributed by atoms with Gasteiger partial charge in [0.25, 0.3) is 0 Å². The van der Waals surface area contributed by atoms with Gasteiger partial charge in [0.2, 0.25) is 0 Å². The first-order valence-electron chi connectivity index (χ1n) is 12.7. The van der Waals surface area contributed by atoms with Crippen LogP contribution in [-0.2, 0) is 16.1 Å². The molecule has 1 aromatic carbocycles. The third-order valence-corrected chi connectivity index (χ3v) is 8.46. The second kappa shape index (κ2) is 9.83. The highest BCUT2D eigenvalue weighted by Crippen LogP contribution is 2.46. The average Bonchev–Trinajstić information content (AvgIpc) is 3.60. The number of rotatable bonds is 7. The molecule has 194 valence electrons. The van der Waals surface area contributed by atoms with Gasteiger partial charge in [-0.25, -0.2) is 18.6 Å². The van der Waals surface area contributed by atoms with Crippen molar-refractivity contribution in [2.75, 3.05) is 12.0 Å². The van der Waals surface area contributed by atoms with E-state index in [1.165, 1.54) is 25.3 Å². The number of esters is 1. The molecule has 1 N–H and O–H groups in total. The van der Waals surface area contributed by atoms with Crippen LogP contribution in [0.1, 0.15) is 66.1 Å². The molecule has 3 fully saturated rings. The second-order valence-electron chi connectivity index (χ2n) is 10.2. The third kappa shape index (κ3) is 4.56. The number of carbonyl (C=O) groups is 1. The fourth-order valence-corrected chi connectivity index (χ4v) is 6.55. The van der Waals surface area contributed by atoms with Gasteiger partial charge in [0, 0.05) is 41.3 Å². The van der Waals surface area contributed by atoms with Crippen LogP contribution in [0.2, 0.25) is 0 Å². The maximum absolute atomic E-state index is 14.6. The fourth-order valence-electron chi connectivity index (χ4n) is 6.00. The molecule has 2 atom stereocenters. The highest BCUT2D eigenvalue weighted by molar-refractivity contribution is 9.10. The van der Waals surface area contributed by atoms with Crippen molar-refractivity contribution in [1.82, 2.24) is 9.97 Å². The predicted molar refractivity (Wildman–Crippen MR) is 138 cm³/mol. The van der Waals surface area contributed by atoms with Crippen LogP contribution in [0.25, 0.3) is 11.1 Å². The van der Waals surface area contributed by atoms with Crippen LogP contribution in [0.3, 0.4) is 0 Å². The maximum Gasteiger partial charge on any atom is 0.339 e. The lowest BCUT2D eigenvalue weighted by Gasteiger charge is -2.40. The van der Waals surface area contributed by atoms with Gasteiger partial charge in [-0.05, 0) is 78.6 Å². The summed E-state index contributed by atoms with van der Waals surface area (Å²) >= 11 is 3.60. The molecule has 6 nitrogen and oxygen atoms in total. The van der Waals surface area contributed by atoms with E-state index in [0.29, 0.717) is 23.7 Å². The highest BCUT2D eigenvalue weighted by Gasteiger charge is 2.43. The molecule has 3 aliphatic rings. The molecule has 3 aromatic rings. The van der Waals surface area contributed by atoms with E-state index in [0.717, 1.165) is 60.1 Å². The number of methoxy groups -OCH3 is 1. The molecule has 9 heteroatoms. The number of hydrogen-bond acceptors (Lipinski definition) is 5. The molecule has 2 aromatic heterocycles. The SMILES string of the molecule is COC(=O)c1cnc(N2C3CCC2CC(OCc2c(-c4c(F)cccc4F)c[nH]c2C2CC2)C3)c(Br)c1.